The zero-order valence-electron chi connectivity index (χ0n) is 10.5. The predicted molar refractivity (Wildman–Crippen MR) is 69.9 cm³/mol. The molecule has 19 heavy (non-hydrogen) atoms. The zero-order chi connectivity index (χ0) is 14.0. The van der Waals surface area contributed by atoms with Crippen molar-refractivity contribution in [2.45, 2.75) is 6.42 Å². The van der Waals surface area contributed by atoms with Gasteiger partial charge in [-0.2, -0.15) is 0 Å². The number of hydrogen-bond donors (Lipinski definition) is 1. The van der Waals surface area contributed by atoms with Crippen LogP contribution < -0.4 is 0 Å². The van der Waals surface area contributed by atoms with Crippen LogP contribution in [0.2, 0.25) is 0 Å². The molecule has 0 radical (unpaired) electrons. The quantitative estimate of drug-likeness (QED) is 0.497. The van der Waals surface area contributed by atoms with Crippen LogP contribution in [0.15, 0.2) is 23.8 Å². The first-order chi connectivity index (χ1) is 8.97. The van der Waals surface area contributed by atoms with Gasteiger partial charge in [0.15, 0.2) is 11.5 Å². The fourth-order valence-electron chi connectivity index (χ4n) is 2.01. The molecule has 0 saturated carbocycles. The fourth-order valence-corrected chi connectivity index (χ4v) is 2.01. The van der Waals surface area contributed by atoms with Crippen LogP contribution in [-0.4, -0.2) is 40.9 Å². The number of nitro benzene ring substituents is 1. The summed E-state index contributed by atoms with van der Waals surface area (Å²) in [6.07, 6.45) is 2.10. The predicted octanol–water partition coefficient (Wildman–Crippen LogP) is 1.59. The molecular formula is C13H14N2O4. The van der Waals surface area contributed by atoms with E-state index in [0.717, 1.165) is 6.54 Å². The number of phenols is 1. The molecule has 0 unspecified atom stereocenters. The summed E-state index contributed by atoms with van der Waals surface area (Å²) >= 11 is 0. The van der Waals surface area contributed by atoms with Gasteiger partial charge in [-0.3, -0.25) is 14.9 Å². The lowest BCUT2D eigenvalue weighted by Gasteiger charge is -2.23. The number of hydrogen-bond acceptors (Lipinski definition) is 5. The van der Waals surface area contributed by atoms with E-state index in [0.29, 0.717) is 24.1 Å². The van der Waals surface area contributed by atoms with Crippen LogP contribution in [0.1, 0.15) is 12.0 Å². The van der Waals surface area contributed by atoms with Crippen LogP contribution in [0, 0.1) is 10.1 Å². The first kappa shape index (κ1) is 13.2. The van der Waals surface area contributed by atoms with Crippen molar-refractivity contribution >= 4 is 17.5 Å². The molecule has 6 heteroatoms. The van der Waals surface area contributed by atoms with E-state index in [9.17, 15) is 20.0 Å². The first-order valence-electron chi connectivity index (χ1n) is 5.87. The van der Waals surface area contributed by atoms with Crippen LogP contribution in [0.3, 0.4) is 0 Å². The molecule has 0 spiro atoms. The minimum absolute atomic E-state index is 0.0637. The summed E-state index contributed by atoms with van der Waals surface area (Å²) in [5.41, 5.74) is 0.822. The summed E-state index contributed by atoms with van der Waals surface area (Å²) in [4.78, 5) is 23.9. The van der Waals surface area contributed by atoms with Crippen molar-refractivity contribution in [1.82, 2.24) is 4.90 Å². The Morgan fingerprint density at radius 2 is 2.21 bits per heavy atom. The van der Waals surface area contributed by atoms with Crippen molar-refractivity contribution in [3.8, 4) is 5.75 Å². The van der Waals surface area contributed by atoms with E-state index >= 15 is 0 Å². The zero-order valence-corrected chi connectivity index (χ0v) is 10.5. The van der Waals surface area contributed by atoms with Gasteiger partial charge in [0.05, 0.1) is 4.92 Å². The molecule has 0 amide bonds. The largest absolute Gasteiger partial charge is 0.502 e. The molecule has 0 bridgehead atoms. The van der Waals surface area contributed by atoms with Crippen LogP contribution in [0.25, 0.3) is 6.08 Å². The lowest BCUT2D eigenvalue weighted by Crippen LogP contribution is -2.32. The van der Waals surface area contributed by atoms with Crippen molar-refractivity contribution in [2.24, 2.45) is 0 Å². The molecule has 100 valence electrons. The number of piperidine rings is 1. The topological polar surface area (TPSA) is 83.7 Å². The van der Waals surface area contributed by atoms with Crippen LogP contribution >= 0.6 is 0 Å². The molecule has 1 aliphatic rings. The summed E-state index contributed by atoms with van der Waals surface area (Å²) in [6.45, 7) is 1.26. The van der Waals surface area contributed by atoms with Crippen molar-refractivity contribution < 1.29 is 14.8 Å². The molecule has 1 heterocycles. The maximum absolute atomic E-state index is 11.8. The molecule has 1 aliphatic heterocycles. The highest BCUT2D eigenvalue weighted by Gasteiger charge is 2.19. The number of Topliss-reactive ketones (excluding diaryl/α,β-unsaturated/α-hetero) is 1. The summed E-state index contributed by atoms with van der Waals surface area (Å²) < 4.78 is 0. The third-order valence-corrected chi connectivity index (χ3v) is 3.06. The van der Waals surface area contributed by atoms with Crippen molar-refractivity contribution in [3.05, 3.63) is 39.4 Å². The number of aromatic hydroxyl groups is 1. The summed E-state index contributed by atoms with van der Waals surface area (Å²) in [6, 6.07) is 4.09. The summed E-state index contributed by atoms with van der Waals surface area (Å²) in [7, 11) is 1.92. The SMILES string of the molecule is CN1CCC(=O)/C(=C/c2ccc(O)c([N+](=O)[O-])c2)C1. The smallest absolute Gasteiger partial charge is 0.311 e. The second kappa shape index (κ2) is 5.19. The Hall–Kier alpha value is -2.21. The maximum atomic E-state index is 11.8. The number of rotatable bonds is 2. The van der Waals surface area contributed by atoms with E-state index < -0.39 is 4.92 Å². The molecular weight excluding hydrogens is 248 g/mol. The van der Waals surface area contributed by atoms with E-state index in [4.69, 9.17) is 0 Å². The second-order valence-corrected chi connectivity index (χ2v) is 4.59. The number of likely N-dealkylation sites (N-methyl/N-ethyl adjacent to an activating group) is 1. The van der Waals surface area contributed by atoms with Gasteiger partial charge in [-0.15, -0.1) is 0 Å². The molecule has 1 fully saturated rings. The van der Waals surface area contributed by atoms with Gasteiger partial charge < -0.3 is 10.0 Å². The fraction of sp³-hybridized carbons (Fsp3) is 0.308. The number of ketones is 1. The monoisotopic (exact) mass is 262 g/mol. The third-order valence-electron chi connectivity index (χ3n) is 3.06. The van der Waals surface area contributed by atoms with Crippen LogP contribution in [0.5, 0.6) is 5.75 Å². The average molecular weight is 262 g/mol. The number of nitro groups is 1. The summed E-state index contributed by atoms with van der Waals surface area (Å²) in [5.74, 6) is -0.312. The highest BCUT2D eigenvalue weighted by atomic mass is 16.6. The molecule has 1 aromatic rings. The molecule has 6 nitrogen and oxygen atoms in total. The van der Waals surface area contributed by atoms with Gasteiger partial charge >= 0.3 is 5.69 Å². The molecule has 1 aromatic carbocycles. The van der Waals surface area contributed by atoms with Gasteiger partial charge in [0, 0.05) is 31.1 Å². The van der Waals surface area contributed by atoms with Gasteiger partial charge in [-0.1, -0.05) is 6.07 Å². The summed E-state index contributed by atoms with van der Waals surface area (Å²) in [5, 5.41) is 20.1. The number of likely N-dealkylation sites (tertiary alicyclic amines) is 1. The second-order valence-electron chi connectivity index (χ2n) is 4.59. The normalized spacial score (nSPS) is 18.8. The van der Waals surface area contributed by atoms with Crippen molar-refractivity contribution in [3.63, 3.8) is 0 Å². The van der Waals surface area contributed by atoms with Crippen molar-refractivity contribution in [2.75, 3.05) is 20.1 Å². The number of phenolic OH excluding ortho intramolecular Hbond substituents is 1. The molecule has 1 saturated heterocycles. The minimum Gasteiger partial charge on any atom is -0.502 e. The number of benzene rings is 1. The van der Waals surface area contributed by atoms with Crippen molar-refractivity contribution in [1.29, 1.82) is 0 Å². The highest BCUT2D eigenvalue weighted by Crippen LogP contribution is 2.27. The Morgan fingerprint density at radius 3 is 2.89 bits per heavy atom. The molecule has 0 aliphatic carbocycles. The van der Waals surface area contributed by atoms with E-state index in [1.54, 1.807) is 12.1 Å². The van der Waals surface area contributed by atoms with E-state index in [-0.39, 0.29) is 17.2 Å². The van der Waals surface area contributed by atoms with Gasteiger partial charge in [0.25, 0.3) is 0 Å². The Labute approximate surface area is 110 Å². The van der Waals surface area contributed by atoms with Gasteiger partial charge in [0.2, 0.25) is 0 Å². The Balaban J connectivity index is 2.34. The van der Waals surface area contributed by atoms with Crippen LogP contribution in [-0.2, 0) is 4.79 Å². The molecule has 2 rings (SSSR count). The van der Waals surface area contributed by atoms with E-state index in [2.05, 4.69) is 0 Å². The van der Waals surface area contributed by atoms with Crippen LogP contribution in [0.4, 0.5) is 5.69 Å². The minimum atomic E-state index is -0.647. The number of carbonyl (C=O) groups excluding carboxylic acids is 1. The molecule has 0 aromatic heterocycles. The van der Waals surface area contributed by atoms with E-state index in [1.165, 1.54) is 12.1 Å². The van der Waals surface area contributed by atoms with Gasteiger partial charge in [0.1, 0.15) is 0 Å². The lowest BCUT2D eigenvalue weighted by molar-refractivity contribution is -0.385. The molecule has 0 atom stereocenters. The maximum Gasteiger partial charge on any atom is 0.311 e. The Bertz CT molecular complexity index is 566. The van der Waals surface area contributed by atoms with E-state index in [1.807, 2.05) is 11.9 Å². The third kappa shape index (κ3) is 2.97. The Kier molecular flexibility index (Phi) is 3.62. The average Bonchev–Trinajstić information content (AvgIpc) is 2.36. The lowest BCUT2D eigenvalue weighted by atomic mass is 10.0. The molecule has 1 N–H and O–H groups in total. The number of nitrogens with zero attached hydrogens (tertiary/aromatic N) is 2. The Morgan fingerprint density at radius 1 is 1.47 bits per heavy atom. The first-order valence-corrected chi connectivity index (χ1v) is 5.87. The standard InChI is InChI=1S/C13H14N2O4/c1-14-5-4-12(16)10(8-14)6-9-2-3-13(17)11(7-9)15(18)19/h2-3,6-7,17H,4-5,8H2,1H3/b10-6+. The van der Waals surface area contributed by atoms with Gasteiger partial charge in [-0.25, -0.2) is 0 Å². The number of carbonyl (C=O) groups is 1. The highest BCUT2D eigenvalue weighted by molar-refractivity contribution is 6.00. The van der Waals surface area contributed by atoms with Gasteiger partial charge in [-0.05, 0) is 24.8 Å².